The van der Waals surface area contributed by atoms with Crippen LogP contribution in [-0.2, 0) is 21.2 Å². The fourth-order valence-electron chi connectivity index (χ4n) is 3.30. The molecule has 0 radical (unpaired) electrons. The summed E-state index contributed by atoms with van der Waals surface area (Å²) in [5.41, 5.74) is 3.53. The first-order valence-corrected chi connectivity index (χ1v) is 12.4. The zero-order valence-electron chi connectivity index (χ0n) is 18.8. The van der Waals surface area contributed by atoms with Crippen LogP contribution >= 0.6 is 11.6 Å². The Morgan fingerprint density at radius 3 is 2.39 bits per heavy atom. The standard InChI is InChI=1S/C25H27ClN2O4S/c1-4-32-23-13-11-20(26)16-24(23)33(30,31)28-22(15-19-8-6-5-7-9-19)25(29)27-21-12-10-17(2)18(3)14-21/h5-14,16,22,28H,4,15H2,1-3H3,(H,27,29). The lowest BCUT2D eigenvalue weighted by Crippen LogP contribution is -2.45. The van der Waals surface area contributed by atoms with E-state index in [1.54, 1.807) is 19.1 Å². The van der Waals surface area contributed by atoms with E-state index in [0.29, 0.717) is 5.69 Å². The van der Waals surface area contributed by atoms with Crippen molar-refractivity contribution in [2.24, 2.45) is 0 Å². The average molecular weight is 487 g/mol. The number of nitrogens with one attached hydrogen (secondary N) is 2. The van der Waals surface area contributed by atoms with Crippen molar-refractivity contribution in [3.63, 3.8) is 0 Å². The Bertz CT molecular complexity index is 1230. The monoisotopic (exact) mass is 486 g/mol. The predicted octanol–water partition coefficient (Wildman–Crippen LogP) is 4.88. The second-order valence-electron chi connectivity index (χ2n) is 7.68. The molecular formula is C25H27ClN2O4S. The van der Waals surface area contributed by atoms with Gasteiger partial charge in [-0.05, 0) is 74.2 Å². The topological polar surface area (TPSA) is 84.5 Å². The molecule has 3 aromatic rings. The van der Waals surface area contributed by atoms with E-state index in [1.165, 1.54) is 12.1 Å². The maximum atomic E-state index is 13.3. The van der Waals surface area contributed by atoms with Gasteiger partial charge in [-0.25, -0.2) is 8.42 Å². The first kappa shape index (κ1) is 24.8. The lowest BCUT2D eigenvalue weighted by Gasteiger charge is -2.20. The summed E-state index contributed by atoms with van der Waals surface area (Å²) < 4.78 is 34.6. The highest BCUT2D eigenvalue weighted by atomic mass is 35.5. The summed E-state index contributed by atoms with van der Waals surface area (Å²) in [4.78, 5) is 13.1. The SMILES string of the molecule is CCOc1ccc(Cl)cc1S(=O)(=O)NC(Cc1ccccc1)C(=O)Nc1ccc(C)c(C)c1. The number of hydrogen-bond acceptors (Lipinski definition) is 4. The Morgan fingerprint density at radius 1 is 1.00 bits per heavy atom. The van der Waals surface area contributed by atoms with Gasteiger partial charge in [0.15, 0.2) is 0 Å². The van der Waals surface area contributed by atoms with Crippen molar-refractivity contribution < 1.29 is 17.9 Å². The molecule has 0 saturated heterocycles. The van der Waals surface area contributed by atoms with Crippen LogP contribution in [0.1, 0.15) is 23.6 Å². The Morgan fingerprint density at radius 2 is 1.73 bits per heavy atom. The van der Waals surface area contributed by atoms with Crippen LogP contribution in [0.25, 0.3) is 0 Å². The number of rotatable bonds is 9. The number of carbonyl (C=O) groups is 1. The van der Waals surface area contributed by atoms with E-state index in [4.69, 9.17) is 16.3 Å². The van der Waals surface area contributed by atoms with Crippen LogP contribution in [0.3, 0.4) is 0 Å². The molecule has 0 saturated carbocycles. The number of amides is 1. The molecule has 1 atom stereocenters. The van der Waals surface area contributed by atoms with E-state index >= 15 is 0 Å². The lowest BCUT2D eigenvalue weighted by atomic mass is 10.1. The molecule has 6 nitrogen and oxygen atoms in total. The third-order valence-corrected chi connectivity index (χ3v) is 6.89. The van der Waals surface area contributed by atoms with E-state index < -0.39 is 22.0 Å². The normalized spacial score (nSPS) is 12.2. The number of anilines is 1. The Kier molecular flexibility index (Phi) is 8.13. The first-order chi connectivity index (χ1) is 15.7. The molecule has 0 aliphatic heterocycles. The summed E-state index contributed by atoms with van der Waals surface area (Å²) in [6.07, 6.45) is 0.168. The van der Waals surface area contributed by atoms with Gasteiger partial charge in [0.25, 0.3) is 0 Å². The number of ether oxygens (including phenoxy) is 1. The van der Waals surface area contributed by atoms with Gasteiger partial charge in [-0.2, -0.15) is 4.72 Å². The van der Waals surface area contributed by atoms with Crippen LogP contribution in [0, 0.1) is 13.8 Å². The van der Waals surface area contributed by atoms with Crippen molar-refractivity contribution in [1.82, 2.24) is 4.72 Å². The van der Waals surface area contributed by atoms with Gasteiger partial charge in [-0.15, -0.1) is 0 Å². The van der Waals surface area contributed by atoms with Gasteiger partial charge in [0.1, 0.15) is 16.7 Å². The minimum atomic E-state index is -4.13. The fraction of sp³-hybridized carbons (Fsp3) is 0.240. The molecule has 0 aromatic heterocycles. The van der Waals surface area contributed by atoms with Gasteiger partial charge >= 0.3 is 0 Å². The highest BCUT2D eigenvalue weighted by molar-refractivity contribution is 7.89. The summed E-state index contributed by atoms with van der Waals surface area (Å²) in [6, 6.07) is 18.1. The van der Waals surface area contributed by atoms with Crippen LogP contribution in [0.4, 0.5) is 5.69 Å². The van der Waals surface area contributed by atoms with Crippen LogP contribution in [0.2, 0.25) is 5.02 Å². The largest absolute Gasteiger partial charge is 0.492 e. The summed E-state index contributed by atoms with van der Waals surface area (Å²) in [7, 11) is -4.13. The van der Waals surface area contributed by atoms with Crippen LogP contribution in [0.5, 0.6) is 5.75 Å². The van der Waals surface area contributed by atoms with Crippen LogP contribution in [-0.4, -0.2) is 27.0 Å². The zero-order chi connectivity index (χ0) is 24.0. The zero-order valence-corrected chi connectivity index (χ0v) is 20.3. The molecule has 1 unspecified atom stereocenters. The number of aryl methyl sites for hydroxylation is 2. The highest BCUT2D eigenvalue weighted by Crippen LogP contribution is 2.28. The lowest BCUT2D eigenvalue weighted by molar-refractivity contribution is -0.117. The molecular weight excluding hydrogens is 460 g/mol. The third-order valence-electron chi connectivity index (χ3n) is 5.17. The summed E-state index contributed by atoms with van der Waals surface area (Å²) >= 11 is 6.06. The molecule has 2 N–H and O–H groups in total. The minimum absolute atomic E-state index is 0.117. The van der Waals surface area contributed by atoms with Gasteiger partial charge in [-0.1, -0.05) is 48.0 Å². The molecule has 3 rings (SSSR count). The maximum Gasteiger partial charge on any atom is 0.245 e. The average Bonchev–Trinajstić information content (AvgIpc) is 2.77. The van der Waals surface area contributed by atoms with E-state index in [9.17, 15) is 13.2 Å². The van der Waals surface area contributed by atoms with Gasteiger partial charge in [0.05, 0.1) is 6.61 Å². The Balaban J connectivity index is 1.93. The quantitative estimate of drug-likeness (QED) is 0.451. The van der Waals surface area contributed by atoms with E-state index in [-0.39, 0.29) is 28.7 Å². The molecule has 1 amide bonds. The second-order valence-corrected chi connectivity index (χ2v) is 9.79. The number of hydrogen-bond donors (Lipinski definition) is 2. The van der Waals surface area contributed by atoms with Crippen LogP contribution in [0.15, 0.2) is 71.6 Å². The number of halogens is 1. The molecule has 0 heterocycles. The van der Waals surface area contributed by atoms with Crippen molar-refractivity contribution in [3.05, 3.63) is 88.4 Å². The summed E-state index contributed by atoms with van der Waals surface area (Å²) in [6.45, 7) is 5.97. The Hall–Kier alpha value is -2.87. The molecule has 0 bridgehead atoms. The van der Waals surface area contributed by atoms with Crippen molar-refractivity contribution in [2.45, 2.75) is 38.1 Å². The van der Waals surface area contributed by atoms with Gasteiger partial charge in [-0.3, -0.25) is 4.79 Å². The maximum absolute atomic E-state index is 13.3. The molecule has 3 aromatic carbocycles. The smallest absolute Gasteiger partial charge is 0.245 e. The molecule has 174 valence electrons. The van der Waals surface area contributed by atoms with Gasteiger partial charge in [0, 0.05) is 10.7 Å². The highest BCUT2D eigenvalue weighted by Gasteiger charge is 2.29. The van der Waals surface area contributed by atoms with Crippen molar-refractivity contribution in [3.8, 4) is 5.75 Å². The molecule has 8 heteroatoms. The fourth-order valence-corrected chi connectivity index (χ4v) is 4.91. The van der Waals surface area contributed by atoms with E-state index in [0.717, 1.165) is 16.7 Å². The minimum Gasteiger partial charge on any atom is -0.492 e. The number of carbonyl (C=O) groups excluding carboxylic acids is 1. The van der Waals surface area contributed by atoms with Crippen LogP contribution < -0.4 is 14.8 Å². The first-order valence-electron chi connectivity index (χ1n) is 10.6. The van der Waals surface area contributed by atoms with Crippen molar-refractivity contribution in [2.75, 3.05) is 11.9 Å². The molecule has 33 heavy (non-hydrogen) atoms. The molecule has 0 fully saturated rings. The van der Waals surface area contributed by atoms with Crippen molar-refractivity contribution in [1.29, 1.82) is 0 Å². The number of benzene rings is 3. The van der Waals surface area contributed by atoms with Crippen molar-refractivity contribution >= 4 is 33.2 Å². The predicted molar refractivity (Wildman–Crippen MR) is 131 cm³/mol. The number of sulfonamides is 1. The Labute approximate surface area is 200 Å². The second kappa shape index (κ2) is 10.8. The molecule has 0 aliphatic rings. The van der Waals surface area contributed by atoms with E-state index in [2.05, 4.69) is 10.0 Å². The third kappa shape index (κ3) is 6.57. The summed E-state index contributed by atoms with van der Waals surface area (Å²) in [5.74, 6) is -0.298. The molecule has 0 aliphatic carbocycles. The van der Waals surface area contributed by atoms with Gasteiger partial charge in [0.2, 0.25) is 15.9 Å². The molecule has 0 spiro atoms. The van der Waals surface area contributed by atoms with Gasteiger partial charge < -0.3 is 10.1 Å². The van der Waals surface area contributed by atoms with E-state index in [1.807, 2.05) is 56.3 Å². The summed E-state index contributed by atoms with van der Waals surface area (Å²) in [5, 5.41) is 3.08.